The molecule has 2 aliphatic carbocycles. The van der Waals surface area contributed by atoms with E-state index in [1.807, 2.05) is 12.0 Å². The molecule has 0 spiro atoms. The summed E-state index contributed by atoms with van der Waals surface area (Å²) in [6.07, 6.45) is 10.1. The molecule has 0 bridgehead atoms. The van der Waals surface area contributed by atoms with Crippen LogP contribution < -0.4 is 16.0 Å². The molecule has 1 amide bonds. The Kier molecular flexibility index (Phi) is 8.26. The Labute approximate surface area is 188 Å². The van der Waals surface area contributed by atoms with Gasteiger partial charge in [-0.2, -0.15) is 0 Å². The standard InChI is InChI=1S/C24H44N4O3/c1-16-14-28(15-17(2)31-16)23(29)19-4-8-21(9-5-19)27-24-25-12-20(13-26-24)18-6-10-22(30-3)11-7-18/h16-22,24-27H,4-15H2,1-3H3. The van der Waals surface area contributed by atoms with Gasteiger partial charge in [-0.15, -0.1) is 0 Å². The number of carbonyl (C=O) groups is 1. The molecular weight excluding hydrogens is 392 g/mol. The molecule has 178 valence electrons. The number of amides is 1. The smallest absolute Gasteiger partial charge is 0.225 e. The van der Waals surface area contributed by atoms with Crippen molar-refractivity contribution in [3.05, 3.63) is 0 Å². The zero-order valence-electron chi connectivity index (χ0n) is 19.8. The van der Waals surface area contributed by atoms with E-state index in [0.717, 1.165) is 63.7 Å². The van der Waals surface area contributed by atoms with Crippen LogP contribution in [0.3, 0.4) is 0 Å². The van der Waals surface area contributed by atoms with Gasteiger partial charge in [0.1, 0.15) is 6.29 Å². The molecule has 0 radical (unpaired) electrons. The highest BCUT2D eigenvalue weighted by molar-refractivity contribution is 5.79. The van der Waals surface area contributed by atoms with Crippen LogP contribution in [0.25, 0.3) is 0 Å². The van der Waals surface area contributed by atoms with Gasteiger partial charge in [0.05, 0.1) is 18.3 Å². The Bertz CT molecular complexity index is 557. The minimum Gasteiger partial charge on any atom is -0.381 e. The van der Waals surface area contributed by atoms with Crippen LogP contribution in [0, 0.1) is 17.8 Å². The largest absolute Gasteiger partial charge is 0.381 e. The highest BCUT2D eigenvalue weighted by atomic mass is 16.5. The molecule has 7 nitrogen and oxygen atoms in total. The number of rotatable bonds is 5. The van der Waals surface area contributed by atoms with Crippen molar-refractivity contribution in [3.8, 4) is 0 Å². The maximum atomic E-state index is 13.0. The van der Waals surface area contributed by atoms with E-state index in [1.54, 1.807) is 0 Å². The number of morpholine rings is 1. The molecule has 4 fully saturated rings. The molecule has 0 aromatic heterocycles. The molecule has 4 rings (SSSR count). The van der Waals surface area contributed by atoms with Crippen LogP contribution in [0.4, 0.5) is 0 Å². The topological polar surface area (TPSA) is 74.9 Å². The van der Waals surface area contributed by atoms with Gasteiger partial charge in [0.15, 0.2) is 0 Å². The molecule has 31 heavy (non-hydrogen) atoms. The van der Waals surface area contributed by atoms with Crippen LogP contribution in [-0.4, -0.2) is 74.7 Å². The second kappa shape index (κ2) is 10.9. The third kappa shape index (κ3) is 6.20. The van der Waals surface area contributed by atoms with E-state index < -0.39 is 0 Å². The average Bonchev–Trinajstić information content (AvgIpc) is 2.79. The van der Waals surface area contributed by atoms with Crippen LogP contribution in [-0.2, 0) is 14.3 Å². The van der Waals surface area contributed by atoms with Gasteiger partial charge in [-0.1, -0.05) is 0 Å². The van der Waals surface area contributed by atoms with Crippen LogP contribution in [0.1, 0.15) is 65.2 Å². The van der Waals surface area contributed by atoms with Gasteiger partial charge in [-0.05, 0) is 77.0 Å². The highest BCUT2D eigenvalue weighted by Gasteiger charge is 2.35. The number of hydrogen-bond acceptors (Lipinski definition) is 6. The lowest BCUT2D eigenvalue weighted by Crippen LogP contribution is -2.63. The second-order valence-electron chi connectivity index (χ2n) is 10.5. The van der Waals surface area contributed by atoms with Crippen molar-refractivity contribution in [2.45, 2.75) is 95.9 Å². The molecule has 0 aromatic rings. The minimum atomic E-state index is 0.146. The summed E-state index contributed by atoms with van der Waals surface area (Å²) in [5.74, 6) is 2.08. The van der Waals surface area contributed by atoms with Crippen LogP contribution >= 0.6 is 0 Å². The fourth-order valence-corrected chi connectivity index (χ4v) is 6.29. The molecule has 0 aromatic carbocycles. The van der Waals surface area contributed by atoms with Crippen molar-refractivity contribution < 1.29 is 14.3 Å². The highest BCUT2D eigenvalue weighted by Crippen LogP contribution is 2.32. The summed E-state index contributed by atoms with van der Waals surface area (Å²) in [6, 6.07) is 0.491. The van der Waals surface area contributed by atoms with Gasteiger partial charge in [0.2, 0.25) is 5.91 Å². The van der Waals surface area contributed by atoms with Crippen LogP contribution in [0.2, 0.25) is 0 Å². The molecular formula is C24H44N4O3. The lowest BCUT2D eigenvalue weighted by molar-refractivity contribution is -0.148. The van der Waals surface area contributed by atoms with E-state index in [-0.39, 0.29) is 24.4 Å². The van der Waals surface area contributed by atoms with Crippen molar-refractivity contribution in [3.63, 3.8) is 0 Å². The molecule has 2 aliphatic heterocycles. The number of methoxy groups -OCH3 is 1. The normalized spacial score (nSPS) is 42.4. The Morgan fingerprint density at radius 3 is 2.10 bits per heavy atom. The van der Waals surface area contributed by atoms with E-state index in [4.69, 9.17) is 9.47 Å². The number of nitrogens with zero attached hydrogens (tertiary/aromatic N) is 1. The lowest BCUT2D eigenvalue weighted by atomic mass is 9.78. The SMILES string of the molecule is COC1CCC(C2CNC(NC3CCC(C(=O)N4CC(C)OC(C)C4)CC3)NC2)CC1. The third-order valence-electron chi connectivity index (χ3n) is 8.10. The molecule has 3 N–H and O–H groups in total. The van der Waals surface area contributed by atoms with E-state index >= 15 is 0 Å². The second-order valence-corrected chi connectivity index (χ2v) is 10.5. The van der Waals surface area contributed by atoms with Gasteiger partial charge < -0.3 is 14.4 Å². The van der Waals surface area contributed by atoms with E-state index in [0.29, 0.717) is 18.1 Å². The van der Waals surface area contributed by atoms with Gasteiger partial charge in [0.25, 0.3) is 0 Å². The summed E-state index contributed by atoms with van der Waals surface area (Å²) in [5, 5.41) is 11.1. The third-order valence-corrected chi connectivity index (χ3v) is 8.10. The maximum absolute atomic E-state index is 13.0. The van der Waals surface area contributed by atoms with Crippen molar-refractivity contribution in [1.29, 1.82) is 0 Å². The molecule has 7 heteroatoms. The number of carbonyl (C=O) groups excluding carboxylic acids is 1. The first-order valence-corrected chi connectivity index (χ1v) is 12.7. The quantitative estimate of drug-likeness (QED) is 0.613. The first-order valence-electron chi connectivity index (χ1n) is 12.7. The van der Waals surface area contributed by atoms with Gasteiger partial charge in [-0.3, -0.25) is 20.7 Å². The van der Waals surface area contributed by atoms with Gasteiger partial charge in [0, 0.05) is 45.2 Å². The molecule has 2 saturated heterocycles. The lowest BCUT2D eigenvalue weighted by Gasteiger charge is -2.41. The van der Waals surface area contributed by atoms with E-state index in [2.05, 4.69) is 29.8 Å². The summed E-state index contributed by atoms with van der Waals surface area (Å²) < 4.78 is 11.3. The van der Waals surface area contributed by atoms with Crippen LogP contribution in [0.5, 0.6) is 0 Å². The fourth-order valence-electron chi connectivity index (χ4n) is 6.29. The number of ether oxygens (including phenoxy) is 2. The summed E-state index contributed by atoms with van der Waals surface area (Å²) in [7, 11) is 1.85. The molecule has 4 aliphatic rings. The summed E-state index contributed by atoms with van der Waals surface area (Å²) in [5.41, 5.74) is 0. The van der Waals surface area contributed by atoms with E-state index in [1.165, 1.54) is 25.7 Å². The Morgan fingerprint density at radius 1 is 0.903 bits per heavy atom. The molecule has 2 saturated carbocycles. The Balaban J connectivity index is 1.14. The first-order chi connectivity index (χ1) is 15.0. The van der Waals surface area contributed by atoms with Crippen molar-refractivity contribution >= 4 is 5.91 Å². The fraction of sp³-hybridized carbons (Fsp3) is 0.958. The minimum absolute atomic E-state index is 0.146. The van der Waals surface area contributed by atoms with Crippen LogP contribution in [0.15, 0.2) is 0 Å². The predicted molar refractivity (Wildman–Crippen MR) is 122 cm³/mol. The predicted octanol–water partition coefficient (Wildman–Crippen LogP) is 2.07. The monoisotopic (exact) mass is 436 g/mol. The zero-order valence-corrected chi connectivity index (χ0v) is 19.8. The zero-order chi connectivity index (χ0) is 21.8. The number of nitrogens with one attached hydrogen (secondary N) is 3. The summed E-state index contributed by atoms with van der Waals surface area (Å²) in [4.78, 5) is 15.0. The molecule has 2 heterocycles. The average molecular weight is 437 g/mol. The Morgan fingerprint density at radius 2 is 1.52 bits per heavy atom. The van der Waals surface area contributed by atoms with Crippen molar-refractivity contribution in [2.24, 2.45) is 17.8 Å². The first kappa shape index (κ1) is 23.4. The molecule has 2 unspecified atom stereocenters. The Hall–Kier alpha value is -0.730. The van der Waals surface area contributed by atoms with Gasteiger partial charge in [-0.25, -0.2) is 0 Å². The van der Waals surface area contributed by atoms with Crippen molar-refractivity contribution in [2.75, 3.05) is 33.3 Å². The van der Waals surface area contributed by atoms with Crippen molar-refractivity contribution in [1.82, 2.24) is 20.9 Å². The number of hydrogen-bond donors (Lipinski definition) is 3. The van der Waals surface area contributed by atoms with E-state index in [9.17, 15) is 4.79 Å². The maximum Gasteiger partial charge on any atom is 0.225 e. The molecule has 2 atom stereocenters. The summed E-state index contributed by atoms with van der Waals surface area (Å²) >= 11 is 0. The van der Waals surface area contributed by atoms with Gasteiger partial charge >= 0.3 is 0 Å². The summed E-state index contributed by atoms with van der Waals surface area (Å²) in [6.45, 7) is 7.80.